The number of rotatable bonds is 8. The topological polar surface area (TPSA) is 15.3 Å². The van der Waals surface area contributed by atoms with Gasteiger partial charge in [0.25, 0.3) is 0 Å². The molecule has 0 bridgehead atoms. The van der Waals surface area contributed by atoms with Crippen LogP contribution in [0.3, 0.4) is 0 Å². The van der Waals surface area contributed by atoms with Crippen LogP contribution in [0.25, 0.3) is 0 Å². The van der Waals surface area contributed by atoms with Crippen LogP contribution in [0.2, 0.25) is 0 Å². The molecule has 0 radical (unpaired) electrons. The Labute approximate surface area is 126 Å². The van der Waals surface area contributed by atoms with Gasteiger partial charge in [0.1, 0.15) is 0 Å². The minimum absolute atomic E-state index is 0.746. The smallest absolute Gasteiger partial charge is 0.0254 e. The van der Waals surface area contributed by atoms with E-state index in [4.69, 9.17) is 0 Å². The van der Waals surface area contributed by atoms with Gasteiger partial charge in [0.2, 0.25) is 0 Å². The highest BCUT2D eigenvalue weighted by Crippen LogP contribution is 2.36. The third-order valence-corrected chi connectivity index (χ3v) is 5.38. The second-order valence-electron chi connectivity index (χ2n) is 7.47. The Morgan fingerprint density at radius 2 is 1.85 bits per heavy atom. The standard InChI is InChI=1S/C18H36N2/c1-5-15-7-10-17(19-6-2)18(13-15)20(16-8-9-16)12-11-14(3)4/h14-19H,5-13H2,1-4H3. The van der Waals surface area contributed by atoms with E-state index in [1.165, 1.54) is 51.5 Å². The fourth-order valence-corrected chi connectivity index (χ4v) is 3.90. The lowest BCUT2D eigenvalue weighted by atomic mass is 9.80. The Bertz CT molecular complexity index is 273. The molecule has 2 aliphatic rings. The van der Waals surface area contributed by atoms with E-state index < -0.39 is 0 Å². The van der Waals surface area contributed by atoms with E-state index in [1.54, 1.807) is 0 Å². The fourth-order valence-electron chi connectivity index (χ4n) is 3.90. The first-order valence-electron chi connectivity index (χ1n) is 9.14. The van der Waals surface area contributed by atoms with Gasteiger partial charge in [0.15, 0.2) is 0 Å². The number of nitrogens with one attached hydrogen (secondary N) is 1. The molecule has 0 heterocycles. The summed E-state index contributed by atoms with van der Waals surface area (Å²) in [6.07, 6.45) is 9.90. The van der Waals surface area contributed by atoms with E-state index in [1.807, 2.05) is 0 Å². The molecule has 2 saturated carbocycles. The number of likely N-dealkylation sites (N-methyl/N-ethyl adjacent to an activating group) is 1. The van der Waals surface area contributed by atoms with Crippen LogP contribution in [0.4, 0.5) is 0 Å². The third-order valence-electron chi connectivity index (χ3n) is 5.38. The predicted molar refractivity (Wildman–Crippen MR) is 88.1 cm³/mol. The van der Waals surface area contributed by atoms with Gasteiger partial charge in [-0.15, -0.1) is 0 Å². The maximum atomic E-state index is 3.79. The number of hydrogen-bond donors (Lipinski definition) is 1. The van der Waals surface area contributed by atoms with Crippen LogP contribution in [-0.4, -0.2) is 36.1 Å². The SMILES string of the molecule is CCNC1CCC(CC)CC1N(CCC(C)C)C1CC1. The van der Waals surface area contributed by atoms with Gasteiger partial charge in [-0.2, -0.15) is 0 Å². The monoisotopic (exact) mass is 280 g/mol. The molecule has 0 aromatic heterocycles. The zero-order valence-electron chi connectivity index (χ0n) is 14.2. The van der Waals surface area contributed by atoms with Gasteiger partial charge in [-0.1, -0.05) is 34.1 Å². The molecule has 0 aromatic carbocycles. The maximum Gasteiger partial charge on any atom is 0.0254 e. The summed E-state index contributed by atoms with van der Waals surface area (Å²) in [4.78, 5) is 2.90. The van der Waals surface area contributed by atoms with Crippen molar-refractivity contribution in [2.45, 2.75) is 90.8 Å². The largest absolute Gasteiger partial charge is 0.313 e. The Morgan fingerprint density at radius 3 is 2.40 bits per heavy atom. The molecule has 2 aliphatic carbocycles. The molecule has 2 heteroatoms. The maximum absolute atomic E-state index is 3.79. The second-order valence-corrected chi connectivity index (χ2v) is 7.47. The zero-order chi connectivity index (χ0) is 14.5. The van der Waals surface area contributed by atoms with Crippen LogP contribution in [0.1, 0.15) is 72.6 Å². The quantitative estimate of drug-likeness (QED) is 0.721. The number of nitrogens with zero attached hydrogens (tertiary/aromatic N) is 1. The summed E-state index contributed by atoms with van der Waals surface area (Å²) in [5, 5.41) is 3.79. The molecule has 0 aliphatic heterocycles. The van der Waals surface area contributed by atoms with Crippen molar-refractivity contribution < 1.29 is 0 Å². The molecule has 3 atom stereocenters. The van der Waals surface area contributed by atoms with Crippen molar-refractivity contribution in [1.29, 1.82) is 0 Å². The fraction of sp³-hybridized carbons (Fsp3) is 1.00. The summed E-state index contributed by atoms with van der Waals surface area (Å²) >= 11 is 0. The van der Waals surface area contributed by atoms with Crippen molar-refractivity contribution in [2.24, 2.45) is 11.8 Å². The van der Waals surface area contributed by atoms with Crippen LogP contribution in [0.15, 0.2) is 0 Å². The van der Waals surface area contributed by atoms with Crippen LogP contribution in [0, 0.1) is 11.8 Å². The normalized spacial score (nSPS) is 31.2. The van der Waals surface area contributed by atoms with Crippen molar-refractivity contribution in [2.75, 3.05) is 13.1 Å². The van der Waals surface area contributed by atoms with Crippen molar-refractivity contribution in [3.63, 3.8) is 0 Å². The minimum Gasteiger partial charge on any atom is -0.313 e. The van der Waals surface area contributed by atoms with Crippen molar-refractivity contribution in [3.8, 4) is 0 Å². The van der Waals surface area contributed by atoms with Gasteiger partial charge >= 0.3 is 0 Å². The third kappa shape index (κ3) is 4.46. The van der Waals surface area contributed by atoms with E-state index in [9.17, 15) is 0 Å². The Hall–Kier alpha value is -0.0800. The summed E-state index contributed by atoms with van der Waals surface area (Å²) < 4.78 is 0. The first-order valence-corrected chi connectivity index (χ1v) is 9.14. The van der Waals surface area contributed by atoms with Crippen LogP contribution >= 0.6 is 0 Å². The molecule has 0 spiro atoms. The summed E-state index contributed by atoms with van der Waals surface area (Å²) in [5.74, 6) is 1.80. The van der Waals surface area contributed by atoms with Gasteiger partial charge in [0, 0.05) is 18.1 Å². The highest BCUT2D eigenvalue weighted by Gasteiger charge is 2.39. The predicted octanol–water partition coefficient (Wildman–Crippen LogP) is 4.05. The average Bonchev–Trinajstić information content (AvgIpc) is 3.25. The number of hydrogen-bond acceptors (Lipinski definition) is 2. The van der Waals surface area contributed by atoms with E-state index >= 15 is 0 Å². The lowest BCUT2D eigenvalue weighted by molar-refractivity contribution is 0.0847. The van der Waals surface area contributed by atoms with Gasteiger partial charge in [-0.3, -0.25) is 4.90 Å². The van der Waals surface area contributed by atoms with Gasteiger partial charge < -0.3 is 5.32 Å². The molecule has 2 nitrogen and oxygen atoms in total. The van der Waals surface area contributed by atoms with E-state index in [-0.39, 0.29) is 0 Å². The summed E-state index contributed by atoms with van der Waals surface area (Å²) in [7, 11) is 0. The van der Waals surface area contributed by atoms with Crippen molar-refractivity contribution in [3.05, 3.63) is 0 Å². The second kappa shape index (κ2) is 7.79. The van der Waals surface area contributed by atoms with Gasteiger partial charge in [0.05, 0.1) is 0 Å². The first kappa shape index (κ1) is 16.3. The summed E-state index contributed by atoms with van der Waals surface area (Å²) in [5.41, 5.74) is 0. The molecule has 2 fully saturated rings. The lowest BCUT2D eigenvalue weighted by Crippen LogP contribution is -2.54. The summed E-state index contributed by atoms with van der Waals surface area (Å²) in [6, 6.07) is 2.46. The molecular formula is C18H36N2. The van der Waals surface area contributed by atoms with Gasteiger partial charge in [-0.25, -0.2) is 0 Å². The molecule has 20 heavy (non-hydrogen) atoms. The Balaban J connectivity index is 2.00. The van der Waals surface area contributed by atoms with E-state index in [0.29, 0.717) is 0 Å². The van der Waals surface area contributed by atoms with Crippen molar-refractivity contribution in [1.82, 2.24) is 10.2 Å². The Morgan fingerprint density at radius 1 is 1.10 bits per heavy atom. The zero-order valence-corrected chi connectivity index (χ0v) is 14.2. The minimum atomic E-state index is 0.746. The highest BCUT2D eigenvalue weighted by atomic mass is 15.2. The molecule has 0 aromatic rings. The van der Waals surface area contributed by atoms with Crippen molar-refractivity contribution >= 4 is 0 Å². The molecule has 1 N–H and O–H groups in total. The van der Waals surface area contributed by atoms with Crippen LogP contribution in [0.5, 0.6) is 0 Å². The van der Waals surface area contributed by atoms with Crippen LogP contribution < -0.4 is 5.32 Å². The highest BCUT2D eigenvalue weighted by molar-refractivity contribution is 4.97. The molecule has 2 rings (SSSR count). The molecule has 118 valence electrons. The molecule has 3 unspecified atom stereocenters. The van der Waals surface area contributed by atoms with Gasteiger partial charge in [-0.05, 0) is 63.5 Å². The molecule has 0 saturated heterocycles. The average molecular weight is 281 g/mol. The lowest BCUT2D eigenvalue weighted by Gasteiger charge is -2.43. The first-order chi connectivity index (χ1) is 9.65. The van der Waals surface area contributed by atoms with E-state index in [2.05, 4.69) is 37.9 Å². The summed E-state index contributed by atoms with van der Waals surface area (Å²) in [6.45, 7) is 11.8. The Kier molecular flexibility index (Phi) is 6.35. The van der Waals surface area contributed by atoms with Crippen LogP contribution in [-0.2, 0) is 0 Å². The molecule has 0 amide bonds. The van der Waals surface area contributed by atoms with E-state index in [0.717, 1.165) is 36.5 Å². The molecular weight excluding hydrogens is 244 g/mol.